The van der Waals surface area contributed by atoms with E-state index < -0.39 is 10.0 Å². The number of anilines is 1. The molecule has 0 atom stereocenters. The highest BCUT2D eigenvalue weighted by Crippen LogP contribution is 2.24. The molecule has 1 aromatic rings. The van der Waals surface area contributed by atoms with Crippen molar-refractivity contribution < 1.29 is 17.9 Å². The van der Waals surface area contributed by atoms with E-state index in [1.165, 1.54) is 18.2 Å². The molecule has 0 unspecified atom stereocenters. The molecule has 0 aromatic heterocycles. The second kappa shape index (κ2) is 7.58. The molecular weight excluding hydrogens is 304 g/mol. The van der Waals surface area contributed by atoms with Gasteiger partial charge in [0, 0.05) is 19.6 Å². The average molecular weight is 321 g/mol. The Balaban J connectivity index is 2.69. The molecule has 1 rings (SSSR count). The van der Waals surface area contributed by atoms with Crippen LogP contribution in [0, 0.1) is 0 Å². The van der Waals surface area contributed by atoms with E-state index in [1.807, 2.05) is 6.92 Å². The molecule has 0 radical (unpaired) electrons. The molecule has 0 saturated heterocycles. The Hall–Kier alpha value is -1.15. The van der Waals surface area contributed by atoms with Crippen LogP contribution in [-0.4, -0.2) is 27.5 Å². The summed E-state index contributed by atoms with van der Waals surface area (Å²) in [6.45, 7) is 2.97. The molecule has 8 heteroatoms. The van der Waals surface area contributed by atoms with E-state index in [2.05, 4.69) is 5.32 Å². The van der Waals surface area contributed by atoms with Crippen LogP contribution in [-0.2, 0) is 19.6 Å². The van der Waals surface area contributed by atoms with E-state index in [0.29, 0.717) is 19.6 Å². The van der Waals surface area contributed by atoms with Gasteiger partial charge in [-0.3, -0.25) is 4.79 Å². The first-order valence-electron chi connectivity index (χ1n) is 6.04. The number of carbonyl (C=O) groups is 1. The fraction of sp³-hybridized carbons (Fsp3) is 0.417. The number of nitrogens with one attached hydrogen (secondary N) is 1. The number of benzene rings is 1. The van der Waals surface area contributed by atoms with Crippen LogP contribution in [0.25, 0.3) is 0 Å². The number of primary sulfonamides is 1. The van der Waals surface area contributed by atoms with Crippen molar-refractivity contribution >= 4 is 33.2 Å². The first-order chi connectivity index (χ1) is 9.34. The number of ether oxygens (including phenoxy) is 1. The van der Waals surface area contributed by atoms with Crippen molar-refractivity contribution in [3.63, 3.8) is 0 Å². The molecule has 6 nitrogen and oxygen atoms in total. The molecule has 1 amide bonds. The van der Waals surface area contributed by atoms with E-state index in [-0.39, 0.29) is 27.9 Å². The first-order valence-corrected chi connectivity index (χ1v) is 7.97. The van der Waals surface area contributed by atoms with Crippen molar-refractivity contribution in [3.8, 4) is 0 Å². The molecule has 20 heavy (non-hydrogen) atoms. The van der Waals surface area contributed by atoms with Crippen LogP contribution in [0.1, 0.15) is 19.8 Å². The summed E-state index contributed by atoms with van der Waals surface area (Å²) in [5.41, 5.74) is 0.222. The smallest absolute Gasteiger partial charge is 0.238 e. The molecule has 1 aromatic carbocycles. The van der Waals surface area contributed by atoms with Crippen molar-refractivity contribution in [2.24, 2.45) is 5.14 Å². The molecule has 112 valence electrons. The number of amides is 1. The van der Waals surface area contributed by atoms with Gasteiger partial charge in [0.25, 0.3) is 0 Å². The highest BCUT2D eigenvalue weighted by Gasteiger charge is 2.12. The van der Waals surface area contributed by atoms with Gasteiger partial charge in [-0.1, -0.05) is 11.6 Å². The quantitative estimate of drug-likeness (QED) is 0.747. The van der Waals surface area contributed by atoms with Gasteiger partial charge >= 0.3 is 0 Å². The maximum Gasteiger partial charge on any atom is 0.238 e. The van der Waals surface area contributed by atoms with E-state index in [0.717, 1.165) is 0 Å². The highest BCUT2D eigenvalue weighted by atomic mass is 35.5. The Morgan fingerprint density at radius 3 is 2.75 bits per heavy atom. The lowest BCUT2D eigenvalue weighted by atomic mass is 10.2. The normalized spacial score (nSPS) is 11.3. The summed E-state index contributed by atoms with van der Waals surface area (Å²) in [6, 6.07) is 3.89. The van der Waals surface area contributed by atoms with E-state index >= 15 is 0 Å². The Labute approximate surface area is 123 Å². The van der Waals surface area contributed by atoms with Gasteiger partial charge in [-0.25, -0.2) is 13.6 Å². The van der Waals surface area contributed by atoms with Crippen molar-refractivity contribution in [2.75, 3.05) is 18.5 Å². The zero-order valence-corrected chi connectivity index (χ0v) is 12.6. The predicted molar refractivity (Wildman–Crippen MR) is 77.2 cm³/mol. The fourth-order valence-corrected chi connectivity index (χ4v) is 2.17. The number of carbonyl (C=O) groups excluding carboxylic acids is 1. The minimum absolute atomic E-state index is 0.105. The molecule has 0 spiro atoms. The van der Waals surface area contributed by atoms with Crippen LogP contribution in [0.5, 0.6) is 0 Å². The van der Waals surface area contributed by atoms with E-state index in [1.54, 1.807) is 0 Å². The summed E-state index contributed by atoms with van der Waals surface area (Å²) in [4.78, 5) is 11.6. The molecule has 0 aliphatic carbocycles. The summed E-state index contributed by atoms with van der Waals surface area (Å²) in [7, 11) is -3.83. The zero-order chi connectivity index (χ0) is 15.2. The number of halogens is 1. The lowest BCUT2D eigenvalue weighted by molar-refractivity contribution is -0.116. The van der Waals surface area contributed by atoms with Crippen LogP contribution < -0.4 is 10.5 Å². The van der Waals surface area contributed by atoms with Crippen molar-refractivity contribution in [2.45, 2.75) is 24.7 Å². The SMILES string of the molecule is CCOCCCC(=O)Nc1cc(S(N)(=O)=O)ccc1Cl. The standard InChI is InChI=1S/C12H17ClN2O4S/c1-2-19-7-3-4-12(16)15-11-8-9(20(14,17)18)5-6-10(11)13/h5-6,8H,2-4,7H2,1H3,(H,15,16)(H2,14,17,18). The van der Waals surface area contributed by atoms with Crippen LogP contribution >= 0.6 is 11.6 Å². The molecule has 0 fully saturated rings. The van der Waals surface area contributed by atoms with E-state index in [4.69, 9.17) is 21.5 Å². The topological polar surface area (TPSA) is 98.5 Å². The van der Waals surface area contributed by atoms with Gasteiger partial charge in [-0.05, 0) is 31.5 Å². The average Bonchev–Trinajstić information content (AvgIpc) is 2.36. The van der Waals surface area contributed by atoms with Crippen LogP contribution in [0.3, 0.4) is 0 Å². The number of sulfonamides is 1. The largest absolute Gasteiger partial charge is 0.382 e. The molecule has 0 aliphatic rings. The lowest BCUT2D eigenvalue weighted by Crippen LogP contribution is -2.15. The summed E-state index contributed by atoms with van der Waals surface area (Å²) in [5, 5.41) is 7.82. The summed E-state index contributed by atoms with van der Waals surface area (Å²) in [6.07, 6.45) is 0.835. The molecule has 0 saturated carbocycles. The summed E-state index contributed by atoms with van der Waals surface area (Å²) >= 11 is 5.90. The Bertz CT molecular complexity index is 575. The zero-order valence-electron chi connectivity index (χ0n) is 11.1. The van der Waals surface area contributed by atoms with Gasteiger partial charge in [0.2, 0.25) is 15.9 Å². The van der Waals surface area contributed by atoms with Gasteiger partial charge in [0.15, 0.2) is 0 Å². The molecular formula is C12H17ClN2O4S. The number of hydrogen-bond acceptors (Lipinski definition) is 4. The Morgan fingerprint density at radius 2 is 2.15 bits per heavy atom. The summed E-state index contributed by atoms with van der Waals surface area (Å²) < 4.78 is 27.6. The second-order valence-electron chi connectivity index (χ2n) is 4.04. The van der Waals surface area contributed by atoms with Crippen LogP contribution in [0.2, 0.25) is 5.02 Å². The highest BCUT2D eigenvalue weighted by molar-refractivity contribution is 7.89. The number of nitrogens with two attached hydrogens (primary N) is 1. The van der Waals surface area contributed by atoms with Gasteiger partial charge in [0.1, 0.15) is 0 Å². The Morgan fingerprint density at radius 1 is 1.45 bits per heavy atom. The minimum Gasteiger partial charge on any atom is -0.382 e. The minimum atomic E-state index is -3.83. The van der Waals surface area contributed by atoms with Gasteiger partial charge in [-0.2, -0.15) is 0 Å². The maximum atomic E-state index is 11.7. The molecule has 0 bridgehead atoms. The van der Waals surface area contributed by atoms with Crippen molar-refractivity contribution in [1.82, 2.24) is 0 Å². The van der Waals surface area contributed by atoms with Crippen LogP contribution in [0.15, 0.2) is 23.1 Å². The van der Waals surface area contributed by atoms with Gasteiger partial charge in [0.05, 0.1) is 15.6 Å². The van der Waals surface area contributed by atoms with E-state index in [9.17, 15) is 13.2 Å². The van der Waals surface area contributed by atoms with Gasteiger partial charge in [-0.15, -0.1) is 0 Å². The third kappa shape index (κ3) is 5.46. The predicted octanol–water partition coefficient (Wildman–Crippen LogP) is 1.74. The molecule has 0 aliphatic heterocycles. The van der Waals surface area contributed by atoms with Crippen molar-refractivity contribution in [3.05, 3.63) is 23.2 Å². The first kappa shape index (κ1) is 16.9. The summed E-state index contributed by atoms with van der Waals surface area (Å²) in [5.74, 6) is -0.266. The number of rotatable bonds is 7. The van der Waals surface area contributed by atoms with Crippen LogP contribution in [0.4, 0.5) is 5.69 Å². The Kier molecular flexibility index (Phi) is 6.41. The third-order valence-electron chi connectivity index (χ3n) is 2.44. The number of hydrogen-bond donors (Lipinski definition) is 2. The maximum absolute atomic E-state index is 11.7. The third-order valence-corrected chi connectivity index (χ3v) is 3.68. The monoisotopic (exact) mass is 320 g/mol. The van der Waals surface area contributed by atoms with Crippen molar-refractivity contribution in [1.29, 1.82) is 0 Å². The molecule has 0 heterocycles. The van der Waals surface area contributed by atoms with Gasteiger partial charge < -0.3 is 10.1 Å². The lowest BCUT2D eigenvalue weighted by Gasteiger charge is -2.09. The molecule has 3 N–H and O–H groups in total. The second-order valence-corrected chi connectivity index (χ2v) is 6.00. The fourth-order valence-electron chi connectivity index (χ4n) is 1.47.